The molecule has 9 heteroatoms. The largest absolute Gasteiger partial charge is 0.461 e. The van der Waals surface area contributed by atoms with E-state index in [1.54, 1.807) is 24.9 Å². The molecule has 19 heavy (non-hydrogen) atoms. The lowest BCUT2D eigenvalue weighted by Crippen LogP contribution is -2.15. The lowest BCUT2D eigenvalue weighted by atomic mass is 10.3. The molecule has 2 N–H and O–H groups in total. The lowest BCUT2D eigenvalue weighted by Gasteiger charge is -2.03. The van der Waals surface area contributed by atoms with Crippen molar-refractivity contribution in [1.29, 1.82) is 0 Å². The van der Waals surface area contributed by atoms with Crippen molar-refractivity contribution in [1.82, 2.24) is 30.0 Å². The molecule has 9 nitrogen and oxygen atoms in total. The third kappa shape index (κ3) is 2.76. The first-order valence-corrected chi connectivity index (χ1v) is 5.80. The molecule has 2 aromatic heterocycles. The van der Waals surface area contributed by atoms with Crippen molar-refractivity contribution < 1.29 is 9.53 Å². The molecule has 0 aromatic carbocycles. The summed E-state index contributed by atoms with van der Waals surface area (Å²) in [6, 6.07) is 0. The van der Waals surface area contributed by atoms with Gasteiger partial charge in [0.2, 0.25) is 0 Å². The van der Waals surface area contributed by atoms with Gasteiger partial charge in [0.25, 0.3) is 0 Å². The molecule has 0 fully saturated rings. The summed E-state index contributed by atoms with van der Waals surface area (Å²) in [5, 5.41) is 15.5. The number of aryl methyl sites for hydroxylation is 1. The van der Waals surface area contributed by atoms with E-state index in [4.69, 9.17) is 10.5 Å². The van der Waals surface area contributed by atoms with Gasteiger partial charge in [-0.25, -0.2) is 9.48 Å². The Hall–Kier alpha value is -2.29. The molecule has 0 spiro atoms. The minimum absolute atomic E-state index is 0.140. The van der Waals surface area contributed by atoms with Crippen LogP contribution in [0.3, 0.4) is 0 Å². The SMILES string of the molecule is CCOC(=O)c1nnn(Cc2cn(C)nn2)c1CN. The summed E-state index contributed by atoms with van der Waals surface area (Å²) in [5.74, 6) is -0.520. The predicted octanol–water partition coefficient (Wildman–Crippen LogP) is -0.910. The average molecular weight is 265 g/mol. The van der Waals surface area contributed by atoms with Gasteiger partial charge in [0.05, 0.1) is 18.8 Å². The summed E-state index contributed by atoms with van der Waals surface area (Å²) in [6.07, 6.45) is 1.76. The van der Waals surface area contributed by atoms with Gasteiger partial charge in [0, 0.05) is 19.8 Å². The predicted molar refractivity (Wildman–Crippen MR) is 64.0 cm³/mol. The Bertz CT molecular complexity index is 574. The maximum Gasteiger partial charge on any atom is 0.360 e. The smallest absolute Gasteiger partial charge is 0.360 e. The number of rotatable bonds is 5. The fourth-order valence-electron chi connectivity index (χ4n) is 1.64. The highest BCUT2D eigenvalue weighted by molar-refractivity contribution is 5.88. The van der Waals surface area contributed by atoms with Crippen LogP contribution in [-0.4, -0.2) is 42.6 Å². The Morgan fingerprint density at radius 3 is 2.79 bits per heavy atom. The monoisotopic (exact) mass is 265 g/mol. The second-order valence-corrected chi connectivity index (χ2v) is 3.85. The average Bonchev–Trinajstić information content (AvgIpc) is 2.96. The van der Waals surface area contributed by atoms with E-state index in [1.165, 1.54) is 4.68 Å². The Balaban J connectivity index is 2.24. The molecule has 0 aliphatic rings. The van der Waals surface area contributed by atoms with Crippen LogP contribution in [0.15, 0.2) is 6.20 Å². The van der Waals surface area contributed by atoms with Gasteiger partial charge in [-0.3, -0.25) is 4.68 Å². The lowest BCUT2D eigenvalue weighted by molar-refractivity contribution is 0.0518. The molecule has 0 aliphatic heterocycles. The van der Waals surface area contributed by atoms with Crippen LogP contribution in [0.2, 0.25) is 0 Å². The zero-order valence-electron chi connectivity index (χ0n) is 10.8. The van der Waals surface area contributed by atoms with Crippen molar-refractivity contribution in [2.75, 3.05) is 6.61 Å². The van der Waals surface area contributed by atoms with E-state index in [9.17, 15) is 4.79 Å². The van der Waals surface area contributed by atoms with Gasteiger partial charge in [-0.05, 0) is 6.92 Å². The van der Waals surface area contributed by atoms with Crippen LogP contribution in [0, 0.1) is 0 Å². The first-order valence-electron chi connectivity index (χ1n) is 5.80. The molecule has 2 aromatic rings. The summed E-state index contributed by atoms with van der Waals surface area (Å²) < 4.78 is 8.00. The molecule has 0 saturated carbocycles. The van der Waals surface area contributed by atoms with Crippen LogP contribution in [0.25, 0.3) is 0 Å². The van der Waals surface area contributed by atoms with Gasteiger partial charge < -0.3 is 10.5 Å². The van der Waals surface area contributed by atoms with E-state index in [0.29, 0.717) is 17.9 Å². The van der Waals surface area contributed by atoms with Crippen molar-refractivity contribution in [3.8, 4) is 0 Å². The number of hydrogen-bond acceptors (Lipinski definition) is 7. The second kappa shape index (κ2) is 5.57. The number of hydrogen-bond donors (Lipinski definition) is 1. The normalized spacial score (nSPS) is 10.7. The molecule has 0 unspecified atom stereocenters. The number of ether oxygens (including phenoxy) is 1. The minimum Gasteiger partial charge on any atom is -0.461 e. The highest BCUT2D eigenvalue weighted by Gasteiger charge is 2.20. The van der Waals surface area contributed by atoms with Gasteiger partial charge in [0.1, 0.15) is 5.69 Å². The molecule has 2 rings (SSSR count). The van der Waals surface area contributed by atoms with Gasteiger partial charge >= 0.3 is 5.97 Å². The fourth-order valence-corrected chi connectivity index (χ4v) is 1.64. The summed E-state index contributed by atoms with van der Waals surface area (Å²) in [4.78, 5) is 11.7. The van der Waals surface area contributed by atoms with E-state index < -0.39 is 5.97 Å². The van der Waals surface area contributed by atoms with Crippen molar-refractivity contribution in [2.45, 2.75) is 20.0 Å². The van der Waals surface area contributed by atoms with E-state index >= 15 is 0 Å². The first-order chi connectivity index (χ1) is 9.15. The maximum absolute atomic E-state index is 11.7. The van der Waals surface area contributed by atoms with Crippen LogP contribution in [0.4, 0.5) is 0 Å². The Morgan fingerprint density at radius 2 is 2.21 bits per heavy atom. The fraction of sp³-hybridized carbons (Fsp3) is 0.500. The molecule has 0 aliphatic carbocycles. The Kier molecular flexibility index (Phi) is 3.85. The van der Waals surface area contributed by atoms with Crippen LogP contribution in [-0.2, 0) is 24.9 Å². The van der Waals surface area contributed by atoms with Crippen LogP contribution in [0.5, 0.6) is 0 Å². The van der Waals surface area contributed by atoms with Gasteiger partial charge in [-0.1, -0.05) is 10.4 Å². The number of aromatic nitrogens is 6. The molecule has 0 atom stereocenters. The van der Waals surface area contributed by atoms with Gasteiger partial charge in [0.15, 0.2) is 5.69 Å². The highest BCUT2D eigenvalue weighted by atomic mass is 16.5. The molecule has 102 valence electrons. The number of carbonyl (C=O) groups excluding carboxylic acids is 1. The topological polar surface area (TPSA) is 114 Å². The van der Waals surface area contributed by atoms with Crippen molar-refractivity contribution in [3.63, 3.8) is 0 Å². The number of nitrogens with two attached hydrogens (primary N) is 1. The number of nitrogens with zero attached hydrogens (tertiary/aromatic N) is 6. The van der Waals surface area contributed by atoms with E-state index in [2.05, 4.69) is 20.6 Å². The molecular weight excluding hydrogens is 250 g/mol. The minimum atomic E-state index is -0.520. The van der Waals surface area contributed by atoms with Gasteiger partial charge in [-0.2, -0.15) is 0 Å². The van der Waals surface area contributed by atoms with Crippen molar-refractivity contribution >= 4 is 5.97 Å². The summed E-state index contributed by atoms with van der Waals surface area (Å²) in [7, 11) is 1.77. The third-order valence-corrected chi connectivity index (χ3v) is 2.46. The van der Waals surface area contributed by atoms with E-state index in [0.717, 1.165) is 0 Å². The second-order valence-electron chi connectivity index (χ2n) is 3.85. The molecule has 0 bridgehead atoms. The van der Waals surface area contributed by atoms with Crippen LogP contribution < -0.4 is 5.73 Å². The third-order valence-electron chi connectivity index (χ3n) is 2.46. The zero-order valence-corrected chi connectivity index (χ0v) is 10.8. The molecule has 0 radical (unpaired) electrons. The standard InChI is InChI=1S/C10H15N7O2/c1-3-19-10(18)9-8(4-11)17(15-13-9)6-7-5-16(2)14-12-7/h5H,3-4,6,11H2,1-2H3. The summed E-state index contributed by atoms with van der Waals surface area (Å²) >= 11 is 0. The van der Waals surface area contributed by atoms with Gasteiger partial charge in [-0.15, -0.1) is 10.2 Å². The van der Waals surface area contributed by atoms with E-state index in [1.807, 2.05) is 0 Å². The maximum atomic E-state index is 11.7. The summed E-state index contributed by atoms with van der Waals surface area (Å²) in [5.41, 5.74) is 7.01. The van der Waals surface area contributed by atoms with Crippen molar-refractivity contribution in [3.05, 3.63) is 23.3 Å². The van der Waals surface area contributed by atoms with Crippen LogP contribution in [0.1, 0.15) is 28.8 Å². The van der Waals surface area contributed by atoms with E-state index in [-0.39, 0.29) is 18.8 Å². The molecular formula is C10H15N7O2. The zero-order chi connectivity index (χ0) is 13.8. The van der Waals surface area contributed by atoms with Crippen LogP contribution >= 0.6 is 0 Å². The number of esters is 1. The first kappa shape index (κ1) is 13.1. The summed E-state index contributed by atoms with van der Waals surface area (Å²) in [6.45, 7) is 2.50. The molecule has 2 heterocycles. The number of carbonyl (C=O) groups is 1. The molecule has 0 amide bonds. The Morgan fingerprint density at radius 1 is 1.42 bits per heavy atom. The quantitative estimate of drug-likeness (QED) is 0.696. The highest BCUT2D eigenvalue weighted by Crippen LogP contribution is 2.08. The van der Waals surface area contributed by atoms with Crippen molar-refractivity contribution in [2.24, 2.45) is 12.8 Å². The molecule has 0 saturated heterocycles. The Labute approximate surface area is 109 Å².